The number of nitrogens with zero attached hydrogens (tertiary/aromatic N) is 4. The number of aromatic nitrogens is 1. The van der Waals surface area contributed by atoms with Crippen LogP contribution in [0.1, 0.15) is 28.4 Å². The summed E-state index contributed by atoms with van der Waals surface area (Å²) in [5.74, 6) is -0.608. The van der Waals surface area contributed by atoms with Gasteiger partial charge in [-0.15, -0.1) is 10.2 Å². The van der Waals surface area contributed by atoms with Crippen LogP contribution in [-0.2, 0) is 23.1 Å². The van der Waals surface area contributed by atoms with Crippen molar-refractivity contribution in [2.24, 2.45) is 10.2 Å². The van der Waals surface area contributed by atoms with Crippen LogP contribution >= 0.6 is 0 Å². The highest BCUT2D eigenvalue weighted by Crippen LogP contribution is 2.38. The molecule has 0 bridgehead atoms. The van der Waals surface area contributed by atoms with Gasteiger partial charge in [0.25, 0.3) is 5.91 Å². The first kappa shape index (κ1) is 24.3. The number of carbonyl (C=O) groups excluding carboxylic acids is 1. The highest BCUT2D eigenvalue weighted by Gasteiger charge is 2.21. The number of carbonyl (C=O) groups is 1. The lowest BCUT2D eigenvalue weighted by Gasteiger charge is -2.17. The second kappa shape index (κ2) is 9.81. The van der Waals surface area contributed by atoms with Gasteiger partial charge in [0.05, 0.1) is 10.4 Å². The second-order valence-electron chi connectivity index (χ2n) is 8.21. The number of benzene rings is 3. The summed E-state index contributed by atoms with van der Waals surface area (Å²) in [6, 6.07) is 20.6. The number of amides is 1. The van der Waals surface area contributed by atoms with Crippen LogP contribution in [0.5, 0.6) is 5.88 Å². The van der Waals surface area contributed by atoms with Gasteiger partial charge in [0, 0.05) is 31.1 Å². The average Bonchev–Trinajstić information content (AvgIpc) is 3.13. The Kier molecular flexibility index (Phi) is 6.81. The van der Waals surface area contributed by atoms with E-state index < -0.39 is 15.9 Å². The molecule has 3 aromatic carbocycles. The molecule has 0 fully saturated rings. The molecule has 1 heterocycles. The summed E-state index contributed by atoms with van der Waals surface area (Å²) in [5, 5.41) is 19.1. The van der Waals surface area contributed by atoms with Crippen LogP contribution in [0.3, 0.4) is 0 Å². The van der Waals surface area contributed by atoms with E-state index in [1.807, 2.05) is 38.1 Å². The second-order valence-corrected chi connectivity index (χ2v) is 10.3. The number of azo groups is 1. The van der Waals surface area contributed by atoms with Crippen molar-refractivity contribution in [1.29, 1.82) is 0 Å². The molecule has 8 nitrogen and oxygen atoms in total. The lowest BCUT2D eigenvalue weighted by atomic mass is 10.1. The molecule has 0 saturated carbocycles. The van der Waals surface area contributed by atoms with Crippen molar-refractivity contribution in [3.63, 3.8) is 0 Å². The normalized spacial score (nSPS) is 12.1. The molecule has 0 aliphatic heterocycles. The predicted molar refractivity (Wildman–Crippen MR) is 134 cm³/mol. The van der Waals surface area contributed by atoms with Gasteiger partial charge >= 0.3 is 0 Å². The standard InChI is InChI=1S/C26H26N4O4S/c1-4-30-23-8-6-5-7-22(23)24(26(30)32)27-28-25(31)20-13-11-19(12-14-20)17-29(3)35(33,34)21-15-9-18(2)10-16-21/h5-16,32H,4,17H2,1-3H3. The number of hydrogen-bond acceptors (Lipinski definition) is 5. The molecule has 0 spiro atoms. The van der Waals surface area contributed by atoms with E-state index in [0.29, 0.717) is 17.5 Å². The number of aryl methyl sites for hydroxylation is 2. The summed E-state index contributed by atoms with van der Waals surface area (Å²) in [7, 11) is -2.12. The Bertz CT molecular complexity index is 1510. The molecule has 1 amide bonds. The Labute approximate surface area is 204 Å². The van der Waals surface area contributed by atoms with Crippen LogP contribution in [0.25, 0.3) is 10.9 Å². The Balaban J connectivity index is 1.49. The maximum Gasteiger partial charge on any atom is 0.295 e. The van der Waals surface area contributed by atoms with E-state index in [2.05, 4.69) is 10.2 Å². The van der Waals surface area contributed by atoms with E-state index in [9.17, 15) is 18.3 Å². The quantitative estimate of drug-likeness (QED) is 0.349. The van der Waals surface area contributed by atoms with Gasteiger partial charge in [-0.2, -0.15) is 4.31 Å². The molecular weight excluding hydrogens is 464 g/mol. The van der Waals surface area contributed by atoms with Crippen LogP contribution in [0.2, 0.25) is 0 Å². The lowest BCUT2D eigenvalue weighted by molar-refractivity contribution is 0.0995. The lowest BCUT2D eigenvalue weighted by Crippen LogP contribution is -2.26. The fraction of sp³-hybridized carbons (Fsp3) is 0.192. The Hall–Kier alpha value is -3.82. The highest BCUT2D eigenvalue weighted by molar-refractivity contribution is 7.89. The number of rotatable bonds is 7. The Morgan fingerprint density at radius 1 is 1.00 bits per heavy atom. The molecule has 0 saturated heterocycles. The summed E-state index contributed by atoms with van der Waals surface area (Å²) < 4.78 is 28.6. The fourth-order valence-corrected chi connectivity index (χ4v) is 4.99. The summed E-state index contributed by atoms with van der Waals surface area (Å²) in [4.78, 5) is 12.8. The Morgan fingerprint density at radius 2 is 1.66 bits per heavy atom. The van der Waals surface area contributed by atoms with Gasteiger partial charge in [-0.05, 0) is 49.7 Å². The van der Waals surface area contributed by atoms with Crippen LogP contribution < -0.4 is 0 Å². The van der Waals surface area contributed by atoms with Crippen molar-refractivity contribution >= 4 is 32.5 Å². The molecule has 180 valence electrons. The van der Waals surface area contributed by atoms with Crippen LogP contribution in [0.4, 0.5) is 5.69 Å². The number of aromatic hydroxyl groups is 1. The molecule has 9 heteroatoms. The molecule has 0 unspecified atom stereocenters. The molecule has 1 N–H and O–H groups in total. The molecular formula is C26H26N4O4S. The zero-order chi connectivity index (χ0) is 25.2. The number of sulfonamides is 1. The summed E-state index contributed by atoms with van der Waals surface area (Å²) >= 11 is 0. The SMILES string of the molecule is CCn1c(O)c(N=NC(=O)c2ccc(CN(C)S(=O)(=O)c3ccc(C)cc3)cc2)c2ccccc21. The topological polar surface area (TPSA) is 104 Å². The maximum atomic E-state index is 12.8. The van der Waals surface area contributed by atoms with Crippen molar-refractivity contribution < 1.29 is 18.3 Å². The van der Waals surface area contributed by atoms with Gasteiger partial charge in [0.15, 0.2) is 5.69 Å². The van der Waals surface area contributed by atoms with Crippen molar-refractivity contribution in [2.45, 2.75) is 31.8 Å². The van der Waals surface area contributed by atoms with Gasteiger partial charge in [-0.25, -0.2) is 8.42 Å². The van der Waals surface area contributed by atoms with Gasteiger partial charge in [-0.3, -0.25) is 4.79 Å². The molecule has 35 heavy (non-hydrogen) atoms. The van der Waals surface area contributed by atoms with Crippen LogP contribution in [0, 0.1) is 6.92 Å². The van der Waals surface area contributed by atoms with Crippen molar-refractivity contribution in [2.75, 3.05) is 7.05 Å². The van der Waals surface area contributed by atoms with Gasteiger partial charge in [0.2, 0.25) is 15.9 Å². The Morgan fingerprint density at radius 3 is 2.31 bits per heavy atom. The highest BCUT2D eigenvalue weighted by atomic mass is 32.2. The third-order valence-corrected chi connectivity index (χ3v) is 7.63. The summed E-state index contributed by atoms with van der Waals surface area (Å²) in [6.45, 7) is 4.50. The van der Waals surface area contributed by atoms with Crippen molar-refractivity contribution in [3.8, 4) is 5.88 Å². The van der Waals surface area contributed by atoms with Gasteiger partial charge < -0.3 is 9.67 Å². The third kappa shape index (κ3) is 4.87. The number of hydrogen-bond donors (Lipinski definition) is 1. The van der Waals surface area contributed by atoms with Crippen molar-refractivity contribution in [1.82, 2.24) is 8.87 Å². The molecule has 4 aromatic rings. The molecule has 0 aliphatic carbocycles. The number of para-hydroxylation sites is 1. The average molecular weight is 491 g/mol. The molecule has 0 aliphatic rings. The van der Waals surface area contributed by atoms with E-state index in [1.165, 1.54) is 11.4 Å². The fourth-order valence-electron chi connectivity index (χ4n) is 3.83. The van der Waals surface area contributed by atoms with E-state index in [4.69, 9.17) is 0 Å². The van der Waals surface area contributed by atoms with Gasteiger partial charge in [-0.1, -0.05) is 48.0 Å². The minimum Gasteiger partial charge on any atom is -0.493 e. The zero-order valence-electron chi connectivity index (χ0n) is 19.7. The van der Waals surface area contributed by atoms with Gasteiger partial charge in [0.1, 0.15) is 0 Å². The molecule has 0 atom stereocenters. The summed E-state index contributed by atoms with van der Waals surface area (Å²) in [5.41, 5.74) is 3.06. The van der Waals surface area contributed by atoms with Crippen molar-refractivity contribution in [3.05, 3.63) is 89.5 Å². The first-order valence-corrected chi connectivity index (χ1v) is 12.5. The minimum absolute atomic E-state index is 0.0431. The molecule has 0 radical (unpaired) electrons. The third-order valence-electron chi connectivity index (χ3n) is 5.81. The first-order valence-electron chi connectivity index (χ1n) is 11.1. The first-order chi connectivity index (χ1) is 16.7. The van der Waals surface area contributed by atoms with E-state index in [-0.39, 0.29) is 23.0 Å². The summed E-state index contributed by atoms with van der Waals surface area (Å²) in [6.07, 6.45) is 0. The van der Waals surface area contributed by atoms with Crippen LogP contribution in [-0.4, -0.2) is 35.4 Å². The van der Waals surface area contributed by atoms with E-state index in [1.54, 1.807) is 53.1 Å². The monoisotopic (exact) mass is 490 g/mol. The minimum atomic E-state index is -3.63. The largest absolute Gasteiger partial charge is 0.493 e. The zero-order valence-corrected chi connectivity index (χ0v) is 20.5. The smallest absolute Gasteiger partial charge is 0.295 e. The molecule has 4 rings (SSSR count). The molecule has 1 aromatic heterocycles. The number of fused-ring (bicyclic) bond motifs is 1. The van der Waals surface area contributed by atoms with E-state index in [0.717, 1.165) is 16.6 Å². The van der Waals surface area contributed by atoms with Crippen LogP contribution in [0.15, 0.2) is 87.9 Å². The van der Waals surface area contributed by atoms with E-state index >= 15 is 0 Å². The maximum absolute atomic E-state index is 12.8. The predicted octanol–water partition coefficient (Wildman–Crippen LogP) is 5.42.